The third-order valence-electron chi connectivity index (χ3n) is 2.73. The Morgan fingerprint density at radius 3 is 2.81 bits per heavy atom. The van der Waals surface area contributed by atoms with Gasteiger partial charge in [-0.05, 0) is 18.2 Å². The van der Waals surface area contributed by atoms with Crippen LogP contribution in [0.2, 0.25) is 0 Å². The minimum Gasteiger partial charge on any atom is -0.493 e. The minimum atomic E-state index is -2.72. The maximum atomic E-state index is 12.7. The highest BCUT2D eigenvalue weighted by molar-refractivity contribution is 5.88. The summed E-state index contributed by atoms with van der Waals surface area (Å²) in [4.78, 5) is 14.7. The standard InChI is InChI=1S/C13H12F2N2O4/c1-20-9-3-2-8(12(18)19)6-10(9)21-7-11-16-4-5-17(11)13(14)15/h2-6,13H,7H2,1H3,(H,18,19). The first-order valence-corrected chi connectivity index (χ1v) is 5.87. The zero-order valence-corrected chi connectivity index (χ0v) is 11.0. The lowest BCUT2D eigenvalue weighted by Crippen LogP contribution is -2.08. The number of aromatic nitrogens is 2. The van der Waals surface area contributed by atoms with Crippen molar-refractivity contribution in [2.75, 3.05) is 7.11 Å². The lowest BCUT2D eigenvalue weighted by Gasteiger charge is -2.12. The van der Waals surface area contributed by atoms with E-state index in [0.29, 0.717) is 10.3 Å². The average Bonchev–Trinajstić information content (AvgIpc) is 2.93. The van der Waals surface area contributed by atoms with Crippen molar-refractivity contribution >= 4 is 5.97 Å². The number of hydrogen-bond donors (Lipinski definition) is 1. The van der Waals surface area contributed by atoms with Crippen molar-refractivity contribution in [2.24, 2.45) is 0 Å². The Kier molecular flexibility index (Phi) is 4.36. The second-order valence-electron chi connectivity index (χ2n) is 3.99. The maximum absolute atomic E-state index is 12.7. The van der Waals surface area contributed by atoms with Crippen LogP contribution < -0.4 is 9.47 Å². The van der Waals surface area contributed by atoms with Gasteiger partial charge in [0.2, 0.25) is 0 Å². The second kappa shape index (κ2) is 6.21. The van der Waals surface area contributed by atoms with Gasteiger partial charge < -0.3 is 14.6 Å². The van der Waals surface area contributed by atoms with Gasteiger partial charge in [0.05, 0.1) is 12.7 Å². The molecule has 2 aromatic rings. The van der Waals surface area contributed by atoms with E-state index in [1.807, 2.05) is 0 Å². The van der Waals surface area contributed by atoms with Crippen LogP contribution >= 0.6 is 0 Å². The van der Waals surface area contributed by atoms with Gasteiger partial charge in [-0.1, -0.05) is 0 Å². The van der Waals surface area contributed by atoms with Crippen LogP contribution in [0.3, 0.4) is 0 Å². The van der Waals surface area contributed by atoms with E-state index in [9.17, 15) is 13.6 Å². The van der Waals surface area contributed by atoms with Crippen molar-refractivity contribution < 1.29 is 28.2 Å². The van der Waals surface area contributed by atoms with E-state index in [-0.39, 0.29) is 23.7 Å². The molecule has 1 aromatic heterocycles. The van der Waals surface area contributed by atoms with Crippen LogP contribution in [-0.2, 0) is 6.61 Å². The number of alkyl halides is 2. The smallest absolute Gasteiger partial charge is 0.335 e. The van der Waals surface area contributed by atoms with Gasteiger partial charge in [0.1, 0.15) is 6.61 Å². The van der Waals surface area contributed by atoms with Crippen LogP contribution in [-0.4, -0.2) is 27.7 Å². The number of halogens is 2. The first-order chi connectivity index (χ1) is 10.0. The number of aromatic carboxylic acids is 1. The summed E-state index contributed by atoms with van der Waals surface area (Å²) >= 11 is 0. The van der Waals surface area contributed by atoms with Crippen LogP contribution in [0.25, 0.3) is 0 Å². The molecule has 0 saturated heterocycles. The van der Waals surface area contributed by atoms with Crippen LogP contribution in [0.15, 0.2) is 30.6 Å². The largest absolute Gasteiger partial charge is 0.493 e. The van der Waals surface area contributed by atoms with Gasteiger partial charge >= 0.3 is 12.5 Å². The summed E-state index contributed by atoms with van der Waals surface area (Å²) in [5.74, 6) is -0.666. The van der Waals surface area contributed by atoms with E-state index in [1.165, 1.54) is 31.5 Å². The van der Waals surface area contributed by atoms with Crippen molar-refractivity contribution in [1.29, 1.82) is 0 Å². The molecule has 21 heavy (non-hydrogen) atoms. The Morgan fingerprint density at radius 2 is 2.19 bits per heavy atom. The van der Waals surface area contributed by atoms with Crippen LogP contribution in [0.5, 0.6) is 11.5 Å². The summed E-state index contributed by atoms with van der Waals surface area (Å²) < 4.78 is 36.4. The van der Waals surface area contributed by atoms with Gasteiger partial charge in [-0.2, -0.15) is 8.78 Å². The van der Waals surface area contributed by atoms with E-state index in [2.05, 4.69) is 4.98 Å². The molecule has 0 bridgehead atoms. The number of nitrogens with zero attached hydrogens (tertiary/aromatic N) is 2. The van der Waals surface area contributed by atoms with Crippen molar-refractivity contribution in [3.05, 3.63) is 42.0 Å². The van der Waals surface area contributed by atoms with E-state index in [1.54, 1.807) is 0 Å². The lowest BCUT2D eigenvalue weighted by molar-refractivity contribution is 0.0631. The first kappa shape index (κ1) is 14.8. The fraction of sp³-hybridized carbons (Fsp3) is 0.231. The lowest BCUT2D eigenvalue weighted by atomic mass is 10.2. The third kappa shape index (κ3) is 3.28. The van der Waals surface area contributed by atoms with Gasteiger partial charge in [0.25, 0.3) is 0 Å². The summed E-state index contributed by atoms with van der Waals surface area (Å²) in [5.41, 5.74) is 0.00278. The number of imidazole rings is 1. The molecule has 0 aliphatic carbocycles. The van der Waals surface area contributed by atoms with Gasteiger partial charge in [0, 0.05) is 12.4 Å². The molecule has 1 aromatic carbocycles. The molecule has 0 aliphatic rings. The number of hydrogen-bond acceptors (Lipinski definition) is 4. The number of carboxylic acid groups (broad SMARTS) is 1. The number of benzene rings is 1. The number of carbonyl (C=O) groups is 1. The fourth-order valence-electron chi connectivity index (χ4n) is 1.70. The highest BCUT2D eigenvalue weighted by Crippen LogP contribution is 2.29. The van der Waals surface area contributed by atoms with Crippen molar-refractivity contribution in [2.45, 2.75) is 13.2 Å². The van der Waals surface area contributed by atoms with Crippen LogP contribution in [0.1, 0.15) is 22.7 Å². The molecule has 6 nitrogen and oxygen atoms in total. The molecule has 0 aliphatic heterocycles. The molecule has 0 radical (unpaired) electrons. The highest BCUT2D eigenvalue weighted by atomic mass is 19.3. The number of methoxy groups -OCH3 is 1. The number of rotatable bonds is 6. The van der Waals surface area contributed by atoms with Crippen molar-refractivity contribution in [1.82, 2.24) is 9.55 Å². The summed E-state index contributed by atoms with van der Waals surface area (Å²) in [6, 6.07) is 4.04. The Balaban J connectivity index is 2.20. The molecular weight excluding hydrogens is 286 g/mol. The number of carboxylic acids is 1. The van der Waals surface area contributed by atoms with Gasteiger partial charge in [-0.3, -0.25) is 4.57 Å². The summed E-state index contributed by atoms with van der Waals surface area (Å²) in [7, 11) is 1.39. The van der Waals surface area contributed by atoms with E-state index < -0.39 is 12.5 Å². The molecule has 1 heterocycles. The van der Waals surface area contributed by atoms with E-state index >= 15 is 0 Å². The Bertz CT molecular complexity index is 643. The van der Waals surface area contributed by atoms with Gasteiger partial charge in [-0.25, -0.2) is 9.78 Å². The number of ether oxygens (including phenoxy) is 2. The van der Waals surface area contributed by atoms with Crippen molar-refractivity contribution in [3.63, 3.8) is 0 Å². The molecule has 0 saturated carbocycles. The average molecular weight is 298 g/mol. The third-order valence-corrected chi connectivity index (χ3v) is 2.73. The second-order valence-corrected chi connectivity index (χ2v) is 3.99. The quantitative estimate of drug-likeness (QED) is 0.887. The maximum Gasteiger partial charge on any atom is 0.335 e. The normalized spacial score (nSPS) is 10.7. The molecule has 0 atom stereocenters. The zero-order chi connectivity index (χ0) is 15.4. The van der Waals surface area contributed by atoms with Crippen molar-refractivity contribution in [3.8, 4) is 11.5 Å². The van der Waals surface area contributed by atoms with E-state index in [4.69, 9.17) is 14.6 Å². The summed E-state index contributed by atoms with van der Waals surface area (Å²) in [6.07, 6.45) is 2.37. The minimum absolute atomic E-state index is 0.00278. The Morgan fingerprint density at radius 1 is 1.43 bits per heavy atom. The fourth-order valence-corrected chi connectivity index (χ4v) is 1.70. The SMILES string of the molecule is COc1ccc(C(=O)O)cc1OCc1nccn1C(F)F. The highest BCUT2D eigenvalue weighted by Gasteiger charge is 2.14. The van der Waals surface area contributed by atoms with Crippen LogP contribution in [0, 0.1) is 0 Å². The molecule has 0 amide bonds. The predicted molar refractivity (Wildman–Crippen MR) is 67.8 cm³/mol. The van der Waals surface area contributed by atoms with Gasteiger partial charge in [0.15, 0.2) is 17.3 Å². The monoisotopic (exact) mass is 298 g/mol. The Hall–Kier alpha value is -2.64. The molecule has 0 fully saturated rings. The molecule has 1 N–H and O–H groups in total. The first-order valence-electron chi connectivity index (χ1n) is 5.87. The molecule has 0 unspecified atom stereocenters. The molecule has 0 spiro atoms. The van der Waals surface area contributed by atoms with Gasteiger partial charge in [-0.15, -0.1) is 0 Å². The summed E-state index contributed by atoms with van der Waals surface area (Å²) in [6.45, 7) is -2.96. The van der Waals surface area contributed by atoms with E-state index in [0.717, 1.165) is 6.20 Å². The molecule has 2 rings (SSSR count). The summed E-state index contributed by atoms with van der Waals surface area (Å²) in [5, 5.41) is 8.93. The predicted octanol–water partition coefficient (Wildman–Crippen LogP) is 2.56. The zero-order valence-electron chi connectivity index (χ0n) is 11.0. The molecular formula is C13H12F2N2O4. The Labute approximate surface area is 118 Å². The topological polar surface area (TPSA) is 73.6 Å². The molecule has 8 heteroatoms. The van der Waals surface area contributed by atoms with Crippen LogP contribution in [0.4, 0.5) is 8.78 Å². The molecule has 112 valence electrons.